The quantitative estimate of drug-likeness (QED) is 0.579. The van der Waals surface area contributed by atoms with E-state index in [2.05, 4.69) is 41.1 Å². The molecule has 28 heavy (non-hydrogen) atoms. The number of carbonyl (C=O) groups excluding carboxylic acids is 1. The fourth-order valence-electron chi connectivity index (χ4n) is 7.27. The summed E-state index contributed by atoms with van der Waals surface area (Å²) >= 11 is 0. The number of benzene rings is 1. The van der Waals surface area contributed by atoms with Crippen LogP contribution in [-0.2, 0) is 14.9 Å². The van der Waals surface area contributed by atoms with Crippen molar-refractivity contribution in [1.29, 1.82) is 0 Å². The summed E-state index contributed by atoms with van der Waals surface area (Å²) in [5.41, 5.74) is 1.27. The van der Waals surface area contributed by atoms with E-state index in [-0.39, 0.29) is 22.8 Å². The summed E-state index contributed by atoms with van der Waals surface area (Å²) in [7, 11) is 5.49. The van der Waals surface area contributed by atoms with Gasteiger partial charge < -0.3 is 19.1 Å². The lowest BCUT2D eigenvalue weighted by Crippen LogP contribution is -2.71. The summed E-state index contributed by atoms with van der Waals surface area (Å²) in [4.78, 5) is 17.5. The van der Waals surface area contributed by atoms with Gasteiger partial charge in [-0.2, -0.15) is 0 Å². The van der Waals surface area contributed by atoms with Crippen molar-refractivity contribution in [2.45, 2.75) is 42.9 Å². The molecule has 5 aliphatic rings. The van der Waals surface area contributed by atoms with E-state index in [9.17, 15) is 4.79 Å². The van der Waals surface area contributed by atoms with Crippen LogP contribution in [-0.4, -0.2) is 57.0 Å². The first-order valence-electron chi connectivity index (χ1n) is 10.2. The zero-order valence-electron chi connectivity index (χ0n) is 16.7. The number of anilines is 1. The molecular formula is C22H26N2O4. The van der Waals surface area contributed by atoms with Crippen LogP contribution in [0.4, 0.5) is 5.69 Å². The van der Waals surface area contributed by atoms with Crippen molar-refractivity contribution in [1.82, 2.24) is 4.90 Å². The van der Waals surface area contributed by atoms with Gasteiger partial charge in [-0.15, -0.1) is 0 Å². The third-order valence-corrected chi connectivity index (χ3v) is 8.16. The van der Waals surface area contributed by atoms with Crippen LogP contribution in [0.5, 0.6) is 11.5 Å². The first-order valence-corrected chi connectivity index (χ1v) is 10.2. The Labute approximate surface area is 165 Å². The standard InChI is InChI=1S/C22H26N2O4/c1-23-15-12-17(27-3)16(26-2)11-14(15)21-8-10-24-9-4-6-20(7-5-18(21)23)13-19(25)28-22(20,21)24/h5,7,11-12,18H,4,6,8-10,13H2,1-3H3/t18-,20-,21-,22+/m1/s1. The zero-order chi connectivity index (χ0) is 19.3. The number of hydrogen-bond donors (Lipinski definition) is 0. The molecule has 3 saturated heterocycles. The van der Waals surface area contributed by atoms with E-state index in [0.717, 1.165) is 49.5 Å². The number of carbonyl (C=O) groups is 1. The van der Waals surface area contributed by atoms with Crippen LogP contribution in [0.3, 0.4) is 0 Å². The topological polar surface area (TPSA) is 51.2 Å². The van der Waals surface area contributed by atoms with Crippen LogP contribution >= 0.6 is 0 Å². The second kappa shape index (κ2) is 5.03. The minimum atomic E-state index is -0.589. The molecule has 1 aromatic carbocycles. The molecule has 0 saturated carbocycles. The van der Waals surface area contributed by atoms with Gasteiger partial charge in [-0.25, -0.2) is 0 Å². The van der Waals surface area contributed by atoms with Gasteiger partial charge in [0.1, 0.15) is 0 Å². The Balaban J connectivity index is 1.68. The molecule has 1 aromatic rings. The summed E-state index contributed by atoms with van der Waals surface area (Å²) in [5, 5.41) is 0. The molecule has 6 nitrogen and oxygen atoms in total. The summed E-state index contributed by atoms with van der Waals surface area (Å²) in [5.74, 6) is 1.41. The first-order chi connectivity index (χ1) is 13.5. The van der Waals surface area contributed by atoms with E-state index in [1.54, 1.807) is 14.2 Å². The fourth-order valence-corrected chi connectivity index (χ4v) is 7.27. The van der Waals surface area contributed by atoms with Crippen molar-refractivity contribution >= 4 is 11.7 Å². The van der Waals surface area contributed by atoms with Gasteiger partial charge in [0, 0.05) is 31.9 Å². The van der Waals surface area contributed by atoms with Crippen molar-refractivity contribution in [3.8, 4) is 11.5 Å². The van der Waals surface area contributed by atoms with Crippen molar-refractivity contribution in [3.05, 3.63) is 29.8 Å². The lowest BCUT2D eigenvalue weighted by molar-refractivity contribution is -0.207. The van der Waals surface area contributed by atoms with E-state index in [1.165, 1.54) is 5.56 Å². The van der Waals surface area contributed by atoms with Crippen LogP contribution in [0.25, 0.3) is 0 Å². The molecule has 3 fully saturated rings. The number of likely N-dealkylation sites (N-methyl/N-ethyl adjacent to an activating group) is 1. The molecule has 4 heterocycles. The van der Waals surface area contributed by atoms with Crippen LogP contribution < -0.4 is 14.4 Å². The second-order valence-electron chi connectivity index (χ2n) is 8.90. The summed E-state index contributed by atoms with van der Waals surface area (Å²) in [6.07, 6.45) is 8.23. The molecule has 4 aliphatic heterocycles. The average molecular weight is 382 g/mol. The SMILES string of the molecule is COc1cc2c(cc1OC)[C@]13CCN4CCC[C@@]5(C=C[C@H]1N2C)CC(=O)O[C@@]453. The van der Waals surface area contributed by atoms with Crippen LogP contribution in [0, 0.1) is 5.41 Å². The number of hydrogen-bond acceptors (Lipinski definition) is 6. The zero-order valence-corrected chi connectivity index (χ0v) is 16.7. The Morgan fingerprint density at radius 3 is 2.71 bits per heavy atom. The maximum atomic E-state index is 12.7. The molecule has 0 amide bonds. The normalized spacial score (nSPS) is 39.9. The second-order valence-corrected chi connectivity index (χ2v) is 8.90. The average Bonchev–Trinajstić information content (AvgIpc) is 3.28. The molecule has 6 heteroatoms. The molecule has 2 spiro atoms. The van der Waals surface area contributed by atoms with Gasteiger partial charge in [0.05, 0.1) is 37.5 Å². The van der Waals surface area contributed by atoms with Gasteiger partial charge >= 0.3 is 5.97 Å². The van der Waals surface area contributed by atoms with Gasteiger partial charge in [0.15, 0.2) is 17.2 Å². The Morgan fingerprint density at radius 1 is 1.14 bits per heavy atom. The van der Waals surface area contributed by atoms with Crippen molar-refractivity contribution < 1.29 is 19.0 Å². The van der Waals surface area contributed by atoms with Gasteiger partial charge in [-0.1, -0.05) is 12.2 Å². The number of nitrogens with zero attached hydrogens (tertiary/aromatic N) is 2. The molecule has 6 rings (SSSR count). The Bertz CT molecular complexity index is 929. The van der Waals surface area contributed by atoms with Gasteiger partial charge in [-0.3, -0.25) is 9.69 Å². The Morgan fingerprint density at radius 2 is 1.93 bits per heavy atom. The van der Waals surface area contributed by atoms with E-state index in [1.807, 2.05) is 0 Å². The fraction of sp³-hybridized carbons (Fsp3) is 0.591. The number of ether oxygens (including phenoxy) is 3. The third-order valence-electron chi connectivity index (χ3n) is 8.16. The predicted molar refractivity (Wildman–Crippen MR) is 104 cm³/mol. The van der Waals surface area contributed by atoms with E-state index >= 15 is 0 Å². The Hall–Kier alpha value is -2.21. The summed E-state index contributed by atoms with van der Waals surface area (Å²) in [6.45, 7) is 1.94. The molecule has 148 valence electrons. The van der Waals surface area contributed by atoms with Crippen LogP contribution in [0.1, 0.15) is 31.2 Å². The monoisotopic (exact) mass is 382 g/mol. The van der Waals surface area contributed by atoms with Gasteiger partial charge in [-0.05, 0) is 30.9 Å². The lowest BCUT2D eigenvalue weighted by Gasteiger charge is -2.59. The van der Waals surface area contributed by atoms with Gasteiger partial charge in [0.25, 0.3) is 0 Å². The van der Waals surface area contributed by atoms with E-state index in [0.29, 0.717) is 6.42 Å². The molecule has 0 bridgehead atoms. The number of esters is 1. The third kappa shape index (κ3) is 1.50. The minimum absolute atomic E-state index is 0.0601. The van der Waals surface area contributed by atoms with Gasteiger partial charge in [0.2, 0.25) is 0 Å². The highest BCUT2D eigenvalue weighted by Gasteiger charge is 2.80. The summed E-state index contributed by atoms with van der Waals surface area (Å²) < 4.78 is 17.7. The summed E-state index contributed by atoms with van der Waals surface area (Å²) in [6, 6.07) is 4.37. The predicted octanol–water partition coefficient (Wildman–Crippen LogP) is 2.46. The minimum Gasteiger partial charge on any atom is -0.493 e. The van der Waals surface area contributed by atoms with Crippen molar-refractivity contribution in [3.63, 3.8) is 0 Å². The Kier molecular flexibility index (Phi) is 3.01. The number of fused-ring (bicyclic) bond motifs is 1. The highest BCUT2D eigenvalue weighted by Crippen LogP contribution is 2.71. The van der Waals surface area contributed by atoms with Crippen LogP contribution in [0.2, 0.25) is 0 Å². The number of piperidine rings is 1. The lowest BCUT2D eigenvalue weighted by atomic mass is 9.53. The highest BCUT2D eigenvalue weighted by molar-refractivity contribution is 5.80. The maximum Gasteiger partial charge on any atom is 0.308 e. The number of rotatable bonds is 2. The molecule has 0 N–H and O–H groups in total. The van der Waals surface area contributed by atoms with Crippen molar-refractivity contribution in [2.24, 2.45) is 5.41 Å². The largest absolute Gasteiger partial charge is 0.493 e. The van der Waals surface area contributed by atoms with E-state index in [4.69, 9.17) is 14.2 Å². The molecule has 0 aromatic heterocycles. The molecule has 0 radical (unpaired) electrons. The smallest absolute Gasteiger partial charge is 0.308 e. The first kappa shape index (κ1) is 16.7. The van der Waals surface area contributed by atoms with E-state index < -0.39 is 5.72 Å². The molecule has 0 unspecified atom stereocenters. The molecular weight excluding hydrogens is 356 g/mol. The van der Waals surface area contributed by atoms with Crippen molar-refractivity contribution in [2.75, 3.05) is 39.3 Å². The van der Waals surface area contributed by atoms with Crippen LogP contribution in [0.15, 0.2) is 24.3 Å². The number of methoxy groups -OCH3 is 2. The molecule has 1 aliphatic carbocycles. The maximum absolute atomic E-state index is 12.7. The molecule has 4 atom stereocenters. The highest BCUT2D eigenvalue weighted by atomic mass is 16.6.